The zero-order chi connectivity index (χ0) is 20.1. The van der Waals surface area contributed by atoms with Crippen LogP contribution in [0.4, 0.5) is 0 Å². The number of ether oxygens (including phenoxy) is 3. The van der Waals surface area contributed by atoms with Crippen LogP contribution < -0.4 is 14.2 Å². The fraction of sp³-hybridized carbons (Fsp3) is 0.478. The number of para-hydroxylation sites is 2. The summed E-state index contributed by atoms with van der Waals surface area (Å²) in [6.07, 6.45) is 5.35. The minimum atomic E-state index is -0.249. The van der Waals surface area contributed by atoms with Crippen LogP contribution >= 0.6 is 12.4 Å². The summed E-state index contributed by atoms with van der Waals surface area (Å²) in [4.78, 5) is 18.1. The number of rotatable bonds is 6. The highest BCUT2D eigenvalue weighted by Gasteiger charge is 2.24. The molecule has 1 unspecified atom stereocenters. The Kier molecular flexibility index (Phi) is 7.94. The lowest BCUT2D eigenvalue weighted by atomic mass is 9.90. The van der Waals surface area contributed by atoms with Crippen molar-refractivity contribution in [3.8, 4) is 17.4 Å². The number of likely N-dealkylation sites (tertiary alicyclic amines) is 1. The van der Waals surface area contributed by atoms with Crippen molar-refractivity contribution >= 4 is 18.4 Å². The molecule has 2 aromatic rings. The number of esters is 1. The lowest BCUT2D eigenvalue weighted by Gasteiger charge is -2.34. The second-order valence-corrected chi connectivity index (χ2v) is 7.66. The third-order valence-corrected chi connectivity index (χ3v) is 5.66. The zero-order valence-corrected chi connectivity index (χ0v) is 18.1. The first-order valence-electron chi connectivity index (χ1n) is 10.5. The molecule has 1 saturated heterocycles. The summed E-state index contributed by atoms with van der Waals surface area (Å²) in [7, 11) is 0. The van der Waals surface area contributed by atoms with Gasteiger partial charge >= 0.3 is 5.97 Å². The van der Waals surface area contributed by atoms with E-state index >= 15 is 0 Å². The summed E-state index contributed by atoms with van der Waals surface area (Å²) in [6, 6.07) is 11.8. The molecule has 3 heterocycles. The molecule has 6 nitrogen and oxygen atoms in total. The van der Waals surface area contributed by atoms with Gasteiger partial charge in [0.05, 0.1) is 0 Å². The highest BCUT2D eigenvalue weighted by Crippen LogP contribution is 2.32. The lowest BCUT2D eigenvalue weighted by Crippen LogP contribution is -2.38. The third-order valence-electron chi connectivity index (χ3n) is 5.66. The molecule has 0 amide bonds. The van der Waals surface area contributed by atoms with Crippen LogP contribution in [0.15, 0.2) is 42.6 Å². The Morgan fingerprint density at radius 2 is 1.97 bits per heavy atom. The Morgan fingerprint density at radius 3 is 2.73 bits per heavy atom. The molecule has 1 atom stereocenters. The number of nitrogens with zero attached hydrogens (tertiary/aromatic N) is 2. The van der Waals surface area contributed by atoms with E-state index in [0.29, 0.717) is 24.8 Å². The van der Waals surface area contributed by atoms with Crippen molar-refractivity contribution in [3.63, 3.8) is 0 Å². The first-order chi connectivity index (χ1) is 14.2. The number of aromatic nitrogens is 1. The molecule has 0 saturated carbocycles. The predicted molar refractivity (Wildman–Crippen MR) is 117 cm³/mol. The average Bonchev–Trinajstić information content (AvgIpc) is 2.78. The number of halogens is 1. The molecule has 2 aliphatic rings. The summed E-state index contributed by atoms with van der Waals surface area (Å²) in [6.45, 7) is 5.52. The van der Waals surface area contributed by atoms with Crippen molar-refractivity contribution in [2.24, 2.45) is 0 Å². The first-order valence-corrected chi connectivity index (χ1v) is 10.5. The molecule has 0 radical (unpaired) electrons. The maximum atomic E-state index is 11.5. The summed E-state index contributed by atoms with van der Waals surface area (Å²) < 4.78 is 17.1. The van der Waals surface area contributed by atoms with Gasteiger partial charge in [-0.25, -0.2) is 4.98 Å². The van der Waals surface area contributed by atoms with E-state index in [2.05, 4.69) is 9.88 Å². The quantitative estimate of drug-likeness (QED) is 0.636. The number of carbonyl (C=O) groups is 1. The van der Waals surface area contributed by atoms with Crippen LogP contribution in [0.3, 0.4) is 0 Å². The van der Waals surface area contributed by atoms with Gasteiger partial charge < -0.3 is 19.1 Å². The van der Waals surface area contributed by atoms with Crippen LogP contribution in [0.2, 0.25) is 0 Å². The molecule has 0 spiro atoms. The van der Waals surface area contributed by atoms with E-state index < -0.39 is 0 Å². The van der Waals surface area contributed by atoms with E-state index in [4.69, 9.17) is 14.2 Å². The molecular formula is C23H29ClN2O4. The molecule has 0 N–H and O–H groups in total. The molecule has 1 fully saturated rings. The van der Waals surface area contributed by atoms with E-state index in [-0.39, 0.29) is 24.5 Å². The molecular weight excluding hydrogens is 404 g/mol. The van der Waals surface area contributed by atoms with Crippen molar-refractivity contribution in [2.45, 2.75) is 44.6 Å². The molecule has 0 bridgehead atoms. The van der Waals surface area contributed by atoms with E-state index in [1.165, 1.54) is 5.56 Å². The number of fused-ring (bicyclic) bond motifs is 1. The van der Waals surface area contributed by atoms with Gasteiger partial charge in [-0.15, -0.1) is 12.4 Å². The van der Waals surface area contributed by atoms with Crippen LogP contribution in [0.1, 0.15) is 44.1 Å². The largest absolute Gasteiger partial charge is 0.486 e. The average molecular weight is 433 g/mol. The van der Waals surface area contributed by atoms with Crippen LogP contribution in [-0.4, -0.2) is 48.2 Å². The van der Waals surface area contributed by atoms with Crippen molar-refractivity contribution in [1.82, 2.24) is 9.88 Å². The normalized spacial score (nSPS) is 19.0. The van der Waals surface area contributed by atoms with Crippen molar-refractivity contribution in [1.29, 1.82) is 0 Å². The van der Waals surface area contributed by atoms with Gasteiger partial charge in [-0.3, -0.25) is 4.79 Å². The van der Waals surface area contributed by atoms with Crippen LogP contribution in [0.5, 0.6) is 17.4 Å². The Labute approximate surface area is 183 Å². The van der Waals surface area contributed by atoms with Gasteiger partial charge in [-0.05, 0) is 55.6 Å². The molecule has 4 rings (SSSR count). The van der Waals surface area contributed by atoms with Crippen molar-refractivity contribution in [2.75, 3.05) is 26.2 Å². The number of piperidine rings is 1. The SMILES string of the molecule is CCC(=O)Oc1cc(C2CCN(CCC3COc4ccccc4O3)CC2)ccn1.Cl. The maximum Gasteiger partial charge on any atom is 0.312 e. The standard InChI is InChI=1S/C23H28N2O4.ClH/c1-2-23(26)29-22-15-18(7-11-24-22)17-8-12-25(13-9-17)14-10-19-16-27-20-5-3-4-6-21(20)28-19;/h3-7,11,15,17,19H,2,8-10,12-14,16H2,1H3;1H. The minimum absolute atomic E-state index is 0. The topological polar surface area (TPSA) is 60.9 Å². The molecule has 7 heteroatoms. The first kappa shape index (κ1) is 22.4. The van der Waals surface area contributed by atoms with E-state index in [9.17, 15) is 4.79 Å². The van der Waals surface area contributed by atoms with Gasteiger partial charge in [0.1, 0.15) is 12.7 Å². The Morgan fingerprint density at radius 1 is 1.20 bits per heavy atom. The predicted octanol–water partition coefficient (Wildman–Crippen LogP) is 4.23. The summed E-state index contributed by atoms with van der Waals surface area (Å²) in [5.41, 5.74) is 1.21. The van der Waals surface area contributed by atoms with Gasteiger partial charge in [0, 0.05) is 31.6 Å². The van der Waals surface area contributed by atoms with Crippen molar-refractivity contribution < 1.29 is 19.0 Å². The molecule has 30 heavy (non-hydrogen) atoms. The number of carbonyl (C=O) groups excluding carboxylic acids is 1. The van der Waals surface area contributed by atoms with E-state index in [0.717, 1.165) is 50.4 Å². The second kappa shape index (κ2) is 10.6. The summed E-state index contributed by atoms with van der Waals surface area (Å²) >= 11 is 0. The minimum Gasteiger partial charge on any atom is -0.486 e. The monoisotopic (exact) mass is 432 g/mol. The maximum absolute atomic E-state index is 11.5. The number of benzene rings is 1. The van der Waals surface area contributed by atoms with Gasteiger partial charge in [0.15, 0.2) is 11.5 Å². The van der Waals surface area contributed by atoms with Crippen LogP contribution in [-0.2, 0) is 4.79 Å². The highest BCUT2D eigenvalue weighted by atomic mass is 35.5. The Bertz CT molecular complexity index is 839. The van der Waals surface area contributed by atoms with E-state index in [1.807, 2.05) is 36.4 Å². The van der Waals surface area contributed by atoms with E-state index in [1.54, 1.807) is 13.1 Å². The van der Waals surface area contributed by atoms with Gasteiger partial charge in [-0.2, -0.15) is 0 Å². The third kappa shape index (κ3) is 5.64. The fourth-order valence-electron chi connectivity index (χ4n) is 3.95. The molecule has 162 valence electrons. The fourth-order valence-corrected chi connectivity index (χ4v) is 3.95. The molecule has 2 aliphatic heterocycles. The van der Waals surface area contributed by atoms with Crippen LogP contribution in [0.25, 0.3) is 0 Å². The zero-order valence-electron chi connectivity index (χ0n) is 17.3. The van der Waals surface area contributed by atoms with Crippen LogP contribution in [0, 0.1) is 0 Å². The number of pyridine rings is 1. The highest BCUT2D eigenvalue weighted by molar-refractivity contribution is 5.85. The van der Waals surface area contributed by atoms with Gasteiger partial charge in [-0.1, -0.05) is 19.1 Å². The van der Waals surface area contributed by atoms with Crippen molar-refractivity contribution in [3.05, 3.63) is 48.2 Å². The molecule has 1 aromatic carbocycles. The molecule has 1 aromatic heterocycles. The second-order valence-electron chi connectivity index (χ2n) is 7.66. The van der Waals surface area contributed by atoms with Gasteiger partial charge in [0.2, 0.25) is 5.88 Å². The lowest BCUT2D eigenvalue weighted by molar-refractivity contribution is -0.134. The Balaban J connectivity index is 0.00000256. The molecule has 0 aliphatic carbocycles. The Hall–Kier alpha value is -2.31. The summed E-state index contributed by atoms with van der Waals surface area (Å²) in [5.74, 6) is 2.33. The number of hydrogen-bond donors (Lipinski definition) is 0. The smallest absolute Gasteiger partial charge is 0.312 e. The summed E-state index contributed by atoms with van der Waals surface area (Å²) in [5, 5.41) is 0. The number of hydrogen-bond acceptors (Lipinski definition) is 6. The van der Waals surface area contributed by atoms with Gasteiger partial charge in [0.25, 0.3) is 0 Å².